The molecule has 0 atom stereocenters. The molecule has 2 heterocycles. The van der Waals surface area contributed by atoms with Gasteiger partial charge in [0.25, 0.3) is 5.91 Å². The van der Waals surface area contributed by atoms with Crippen molar-refractivity contribution in [3.63, 3.8) is 0 Å². The zero-order valence-corrected chi connectivity index (χ0v) is 16.8. The van der Waals surface area contributed by atoms with Gasteiger partial charge in [0.15, 0.2) is 5.13 Å². The summed E-state index contributed by atoms with van der Waals surface area (Å²) in [4.78, 5) is 19.8. The van der Waals surface area contributed by atoms with Crippen LogP contribution < -0.4 is 4.90 Å². The van der Waals surface area contributed by atoms with E-state index in [0.717, 1.165) is 15.5 Å². The molecule has 4 nitrogen and oxygen atoms in total. The number of anilines is 1. The molecule has 5 aromatic rings. The quantitative estimate of drug-likeness (QED) is 0.332. The van der Waals surface area contributed by atoms with Crippen LogP contribution in [0.2, 0.25) is 5.02 Å². The Morgan fingerprint density at radius 2 is 1.86 bits per heavy atom. The van der Waals surface area contributed by atoms with E-state index in [2.05, 4.69) is 4.98 Å². The van der Waals surface area contributed by atoms with E-state index < -0.39 is 0 Å². The monoisotopic (exact) mass is 418 g/mol. The number of aromatic nitrogens is 1. The number of furan rings is 1. The molecule has 142 valence electrons. The highest BCUT2D eigenvalue weighted by atomic mass is 35.5. The van der Waals surface area contributed by atoms with Crippen LogP contribution in [0, 0.1) is 0 Å². The lowest BCUT2D eigenvalue weighted by atomic mass is 10.1. The maximum Gasteiger partial charge on any atom is 0.260 e. The third kappa shape index (κ3) is 3.39. The van der Waals surface area contributed by atoms with Gasteiger partial charge in [0, 0.05) is 5.56 Å². The molecule has 0 fully saturated rings. The first-order chi connectivity index (χ1) is 14.2. The fourth-order valence-electron chi connectivity index (χ4n) is 3.28. The normalized spacial score (nSPS) is 11.2. The molecular weight excluding hydrogens is 404 g/mol. The van der Waals surface area contributed by atoms with Gasteiger partial charge in [0.2, 0.25) is 0 Å². The summed E-state index contributed by atoms with van der Waals surface area (Å²) in [6.45, 7) is 0.288. The lowest BCUT2D eigenvalue weighted by Crippen LogP contribution is -2.30. The molecule has 5 rings (SSSR count). The number of benzene rings is 3. The maximum atomic E-state index is 13.5. The van der Waals surface area contributed by atoms with E-state index >= 15 is 0 Å². The van der Waals surface area contributed by atoms with E-state index in [9.17, 15) is 4.79 Å². The largest absolute Gasteiger partial charge is 0.467 e. The molecule has 1 amide bonds. The molecule has 0 unspecified atom stereocenters. The minimum Gasteiger partial charge on any atom is -0.467 e. The van der Waals surface area contributed by atoms with Gasteiger partial charge in [-0.2, -0.15) is 0 Å². The van der Waals surface area contributed by atoms with Crippen molar-refractivity contribution in [3.8, 4) is 0 Å². The minimum absolute atomic E-state index is 0.137. The molecule has 6 heteroatoms. The van der Waals surface area contributed by atoms with Crippen molar-refractivity contribution in [3.05, 3.63) is 95.4 Å². The zero-order valence-electron chi connectivity index (χ0n) is 15.2. The Bertz CT molecular complexity index is 1330. The third-order valence-electron chi connectivity index (χ3n) is 4.72. The highest BCUT2D eigenvalue weighted by Crippen LogP contribution is 2.34. The standard InChI is InChI=1S/C23H15ClN2O2S/c24-19-8-3-9-20-21(19)25-23(29-20)26(14-18-7-4-12-28-18)22(27)17-11-10-15-5-1-2-6-16(15)13-17/h1-13H,14H2. The van der Waals surface area contributed by atoms with E-state index in [1.807, 2.05) is 66.7 Å². The average molecular weight is 419 g/mol. The van der Waals surface area contributed by atoms with E-state index in [1.165, 1.54) is 11.3 Å². The van der Waals surface area contributed by atoms with Crippen LogP contribution in [0.5, 0.6) is 0 Å². The van der Waals surface area contributed by atoms with E-state index in [-0.39, 0.29) is 12.5 Å². The fourth-order valence-corrected chi connectivity index (χ4v) is 4.54. The predicted octanol–water partition coefficient (Wildman–Crippen LogP) is 6.54. The fraction of sp³-hybridized carbons (Fsp3) is 0.0435. The number of fused-ring (bicyclic) bond motifs is 2. The first-order valence-electron chi connectivity index (χ1n) is 9.07. The number of hydrogen-bond donors (Lipinski definition) is 0. The van der Waals surface area contributed by atoms with Crippen LogP contribution in [-0.4, -0.2) is 10.9 Å². The van der Waals surface area contributed by atoms with Gasteiger partial charge in [0.1, 0.15) is 11.3 Å². The van der Waals surface area contributed by atoms with Crippen LogP contribution in [0.1, 0.15) is 16.1 Å². The van der Waals surface area contributed by atoms with Crippen molar-refractivity contribution < 1.29 is 9.21 Å². The molecule has 0 aliphatic heterocycles. The third-order valence-corrected chi connectivity index (χ3v) is 6.07. The maximum absolute atomic E-state index is 13.5. The van der Waals surface area contributed by atoms with E-state index in [0.29, 0.717) is 27.0 Å². The first-order valence-corrected chi connectivity index (χ1v) is 10.3. The number of amides is 1. The Hall–Kier alpha value is -3.15. The Morgan fingerprint density at radius 3 is 2.66 bits per heavy atom. The number of carbonyl (C=O) groups is 1. The van der Waals surface area contributed by atoms with Crippen LogP contribution in [0.25, 0.3) is 21.0 Å². The molecule has 0 bridgehead atoms. The van der Waals surface area contributed by atoms with Crippen molar-refractivity contribution >= 4 is 55.0 Å². The van der Waals surface area contributed by atoms with Crippen molar-refractivity contribution in [1.29, 1.82) is 0 Å². The van der Waals surface area contributed by atoms with Crippen LogP contribution in [0.15, 0.2) is 83.5 Å². The van der Waals surface area contributed by atoms with Crippen LogP contribution in [0.4, 0.5) is 5.13 Å². The van der Waals surface area contributed by atoms with Crippen molar-refractivity contribution in [2.24, 2.45) is 0 Å². The summed E-state index contributed by atoms with van der Waals surface area (Å²) in [5.74, 6) is 0.548. The molecular formula is C23H15ClN2O2S. The molecule has 0 aliphatic rings. The molecule has 0 spiro atoms. The summed E-state index contributed by atoms with van der Waals surface area (Å²) in [5, 5.41) is 3.26. The number of para-hydroxylation sites is 1. The van der Waals surface area contributed by atoms with Gasteiger partial charge in [-0.1, -0.05) is 59.3 Å². The number of thiazole rings is 1. The van der Waals surface area contributed by atoms with Crippen molar-refractivity contribution in [1.82, 2.24) is 4.98 Å². The SMILES string of the molecule is O=C(c1ccc2ccccc2c1)N(Cc1ccco1)c1nc2c(Cl)cccc2s1. The van der Waals surface area contributed by atoms with Gasteiger partial charge in [-0.05, 0) is 47.2 Å². The molecule has 0 saturated carbocycles. The molecule has 3 aromatic carbocycles. The Morgan fingerprint density at radius 1 is 1.00 bits per heavy atom. The van der Waals surface area contributed by atoms with Gasteiger partial charge >= 0.3 is 0 Å². The summed E-state index contributed by atoms with van der Waals surface area (Å²) in [5.41, 5.74) is 1.30. The topological polar surface area (TPSA) is 46.3 Å². The van der Waals surface area contributed by atoms with Gasteiger partial charge in [-0.25, -0.2) is 4.98 Å². The molecule has 0 saturated heterocycles. The predicted molar refractivity (Wildman–Crippen MR) is 118 cm³/mol. The molecule has 0 radical (unpaired) electrons. The summed E-state index contributed by atoms with van der Waals surface area (Å²) >= 11 is 7.74. The second-order valence-electron chi connectivity index (χ2n) is 6.62. The number of nitrogens with zero attached hydrogens (tertiary/aromatic N) is 2. The lowest BCUT2D eigenvalue weighted by molar-refractivity contribution is 0.0983. The summed E-state index contributed by atoms with van der Waals surface area (Å²) in [6.07, 6.45) is 1.60. The van der Waals surface area contributed by atoms with Crippen LogP contribution in [-0.2, 0) is 6.54 Å². The van der Waals surface area contributed by atoms with E-state index in [1.54, 1.807) is 17.2 Å². The summed E-state index contributed by atoms with van der Waals surface area (Å²) in [6, 6.07) is 23.0. The van der Waals surface area contributed by atoms with Crippen LogP contribution >= 0.6 is 22.9 Å². The smallest absolute Gasteiger partial charge is 0.260 e. The lowest BCUT2D eigenvalue weighted by Gasteiger charge is -2.19. The van der Waals surface area contributed by atoms with Gasteiger partial charge in [0.05, 0.1) is 22.5 Å². The molecule has 29 heavy (non-hydrogen) atoms. The second kappa shape index (κ2) is 7.35. The van der Waals surface area contributed by atoms with Crippen molar-refractivity contribution in [2.75, 3.05) is 4.90 Å². The Labute approximate surface area is 176 Å². The number of halogens is 1. The second-order valence-corrected chi connectivity index (χ2v) is 8.03. The van der Waals surface area contributed by atoms with Crippen LogP contribution in [0.3, 0.4) is 0 Å². The molecule has 0 N–H and O–H groups in total. The zero-order chi connectivity index (χ0) is 19.8. The van der Waals surface area contributed by atoms with Gasteiger partial charge in [-0.15, -0.1) is 0 Å². The molecule has 2 aromatic heterocycles. The average Bonchev–Trinajstić information content (AvgIpc) is 3.41. The Kier molecular flexibility index (Phi) is 4.54. The highest BCUT2D eigenvalue weighted by molar-refractivity contribution is 7.22. The van der Waals surface area contributed by atoms with Crippen molar-refractivity contribution in [2.45, 2.75) is 6.54 Å². The van der Waals surface area contributed by atoms with Gasteiger partial charge in [-0.3, -0.25) is 9.69 Å². The highest BCUT2D eigenvalue weighted by Gasteiger charge is 2.23. The molecule has 0 aliphatic carbocycles. The Balaban J connectivity index is 1.60. The summed E-state index contributed by atoms with van der Waals surface area (Å²) < 4.78 is 6.43. The summed E-state index contributed by atoms with van der Waals surface area (Å²) in [7, 11) is 0. The number of carbonyl (C=O) groups excluding carboxylic acids is 1. The van der Waals surface area contributed by atoms with Gasteiger partial charge < -0.3 is 4.42 Å². The minimum atomic E-state index is -0.137. The van der Waals surface area contributed by atoms with E-state index in [4.69, 9.17) is 16.0 Å². The number of rotatable bonds is 4. The first kappa shape index (κ1) is 17.9. The number of hydrogen-bond acceptors (Lipinski definition) is 4.